The van der Waals surface area contributed by atoms with Crippen molar-refractivity contribution in [1.29, 1.82) is 0 Å². The molecule has 5 rings (SSSR count). The molecule has 1 saturated heterocycles. The number of amides is 1. The monoisotopic (exact) mass is 443 g/mol. The molecule has 0 aliphatic carbocycles. The molecule has 1 amide bonds. The van der Waals surface area contributed by atoms with E-state index in [0.29, 0.717) is 5.56 Å². The number of ether oxygens (including phenoxy) is 2. The largest absolute Gasteiger partial charge is 0.496 e. The Kier molecular flexibility index (Phi) is 6.03. The molecule has 2 aliphatic heterocycles. The smallest absolute Gasteiger partial charge is 0.262 e. The van der Waals surface area contributed by atoms with Crippen molar-refractivity contribution in [2.45, 2.75) is 19.6 Å². The number of para-hydroxylation sites is 1. The fourth-order valence-electron chi connectivity index (χ4n) is 4.55. The van der Waals surface area contributed by atoms with Crippen LogP contribution in [0.1, 0.15) is 33.2 Å². The average Bonchev–Trinajstić information content (AvgIpc) is 2.85. The van der Waals surface area contributed by atoms with Crippen LogP contribution < -0.4 is 15.0 Å². The second kappa shape index (κ2) is 9.25. The van der Waals surface area contributed by atoms with Gasteiger partial charge in [0.1, 0.15) is 11.9 Å². The molecule has 2 heterocycles. The van der Waals surface area contributed by atoms with E-state index in [0.717, 1.165) is 66.7 Å². The lowest BCUT2D eigenvalue weighted by molar-refractivity contribution is 0.0338. The molecule has 0 aromatic heterocycles. The number of methoxy groups -OCH3 is 1. The molecule has 0 saturated carbocycles. The molecule has 33 heavy (non-hydrogen) atoms. The molecular formula is C27H29N3O3. The maximum Gasteiger partial charge on any atom is 0.262 e. The van der Waals surface area contributed by atoms with Crippen LogP contribution in [0.25, 0.3) is 0 Å². The van der Waals surface area contributed by atoms with Crippen LogP contribution in [0.3, 0.4) is 0 Å². The van der Waals surface area contributed by atoms with Crippen LogP contribution in [-0.2, 0) is 11.3 Å². The molecule has 1 atom stereocenters. The molecule has 2 aliphatic rings. The fraction of sp³-hybridized carbons (Fsp3) is 0.296. The number of hydrogen-bond acceptors (Lipinski definition) is 5. The summed E-state index contributed by atoms with van der Waals surface area (Å²) < 4.78 is 11.2. The van der Waals surface area contributed by atoms with Gasteiger partial charge >= 0.3 is 0 Å². The van der Waals surface area contributed by atoms with E-state index in [-0.39, 0.29) is 12.1 Å². The van der Waals surface area contributed by atoms with Gasteiger partial charge in [-0.2, -0.15) is 0 Å². The lowest BCUT2D eigenvalue weighted by atomic mass is 10.00. The predicted octanol–water partition coefficient (Wildman–Crippen LogP) is 4.61. The number of anilines is 2. The molecule has 1 N–H and O–H groups in total. The quantitative estimate of drug-likeness (QED) is 0.624. The highest BCUT2D eigenvalue weighted by molar-refractivity contribution is 6.12. The molecule has 3 aromatic rings. The van der Waals surface area contributed by atoms with Crippen molar-refractivity contribution in [3.63, 3.8) is 0 Å². The topological polar surface area (TPSA) is 54.0 Å². The average molecular weight is 444 g/mol. The summed E-state index contributed by atoms with van der Waals surface area (Å²) in [6.45, 7) is 6.13. The lowest BCUT2D eigenvalue weighted by Gasteiger charge is -2.38. The van der Waals surface area contributed by atoms with E-state index in [1.54, 1.807) is 7.11 Å². The zero-order valence-electron chi connectivity index (χ0n) is 19.1. The minimum Gasteiger partial charge on any atom is -0.496 e. The van der Waals surface area contributed by atoms with E-state index in [2.05, 4.69) is 16.3 Å². The summed E-state index contributed by atoms with van der Waals surface area (Å²) in [6.07, 6.45) is -0.329. The maximum absolute atomic E-state index is 13.6. The summed E-state index contributed by atoms with van der Waals surface area (Å²) in [5, 5.41) is 3.61. The van der Waals surface area contributed by atoms with Crippen LogP contribution in [0.4, 0.5) is 11.4 Å². The molecule has 0 bridgehead atoms. The SMILES string of the molecule is COc1ccc([C@@H]2Nc3ccccc3C(=O)N2c2ccc(C)cc2)cc1CN1CCOCC1. The second-order valence-electron chi connectivity index (χ2n) is 8.56. The van der Waals surface area contributed by atoms with Gasteiger partial charge in [-0.15, -0.1) is 0 Å². The van der Waals surface area contributed by atoms with Gasteiger partial charge < -0.3 is 14.8 Å². The normalized spacial score (nSPS) is 18.5. The number of nitrogens with zero attached hydrogens (tertiary/aromatic N) is 2. The molecule has 170 valence electrons. The van der Waals surface area contributed by atoms with E-state index in [4.69, 9.17) is 9.47 Å². The number of fused-ring (bicyclic) bond motifs is 1. The third kappa shape index (κ3) is 4.32. The number of rotatable bonds is 5. The molecule has 0 radical (unpaired) electrons. The van der Waals surface area contributed by atoms with Gasteiger partial charge in [0.2, 0.25) is 0 Å². The van der Waals surface area contributed by atoms with E-state index in [1.165, 1.54) is 0 Å². The van der Waals surface area contributed by atoms with E-state index in [1.807, 2.05) is 72.5 Å². The summed E-state index contributed by atoms with van der Waals surface area (Å²) >= 11 is 0. The standard InChI is InChI=1S/C27H29N3O3/c1-19-7-10-22(11-8-19)30-26(28-24-6-4-3-5-23(24)27(30)31)20-9-12-25(32-2)21(17-20)18-29-13-15-33-16-14-29/h3-12,17,26,28H,13-16,18H2,1-2H3/t26-/m1/s1. The Bertz CT molecular complexity index is 1140. The van der Waals surface area contributed by atoms with Crippen LogP contribution in [0.15, 0.2) is 66.7 Å². The number of carbonyl (C=O) groups is 1. The summed E-state index contributed by atoms with van der Waals surface area (Å²) in [4.78, 5) is 17.9. The van der Waals surface area contributed by atoms with Crippen molar-refractivity contribution in [1.82, 2.24) is 4.90 Å². The van der Waals surface area contributed by atoms with Gasteiger partial charge in [0, 0.05) is 36.6 Å². The van der Waals surface area contributed by atoms with Crippen molar-refractivity contribution in [2.24, 2.45) is 0 Å². The van der Waals surface area contributed by atoms with Gasteiger partial charge in [-0.3, -0.25) is 14.6 Å². The van der Waals surface area contributed by atoms with Gasteiger partial charge in [0.05, 0.1) is 25.9 Å². The minimum absolute atomic E-state index is 0.0104. The highest BCUT2D eigenvalue weighted by Crippen LogP contribution is 2.38. The van der Waals surface area contributed by atoms with Crippen LogP contribution in [0, 0.1) is 6.92 Å². The third-order valence-corrected chi connectivity index (χ3v) is 6.36. The lowest BCUT2D eigenvalue weighted by Crippen LogP contribution is -2.43. The second-order valence-corrected chi connectivity index (χ2v) is 8.56. The van der Waals surface area contributed by atoms with Crippen LogP contribution in [0.5, 0.6) is 5.75 Å². The summed E-state index contributed by atoms with van der Waals surface area (Å²) in [5.74, 6) is 0.846. The zero-order valence-corrected chi connectivity index (χ0v) is 19.1. The number of hydrogen-bond donors (Lipinski definition) is 1. The van der Waals surface area contributed by atoms with E-state index >= 15 is 0 Å². The molecule has 0 unspecified atom stereocenters. The fourth-order valence-corrected chi connectivity index (χ4v) is 4.55. The number of nitrogens with one attached hydrogen (secondary N) is 1. The van der Waals surface area contributed by atoms with Crippen LogP contribution >= 0.6 is 0 Å². The molecule has 6 nitrogen and oxygen atoms in total. The first kappa shape index (κ1) is 21.5. The molecule has 0 spiro atoms. The number of benzene rings is 3. The number of morpholine rings is 1. The van der Waals surface area contributed by atoms with Gasteiger partial charge in [-0.25, -0.2) is 0 Å². The Morgan fingerprint density at radius 2 is 1.79 bits per heavy atom. The van der Waals surface area contributed by atoms with E-state index < -0.39 is 0 Å². The van der Waals surface area contributed by atoms with Gasteiger partial charge in [-0.05, 0) is 48.9 Å². The highest BCUT2D eigenvalue weighted by atomic mass is 16.5. The summed E-state index contributed by atoms with van der Waals surface area (Å²) in [6, 6.07) is 22.0. The predicted molar refractivity (Wildman–Crippen MR) is 130 cm³/mol. The summed E-state index contributed by atoms with van der Waals surface area (Å²) in [7, 11) is 1.70. The van der Waals surface area contributed by atoms with Crippen LogP contribution in [0.2, 0.25) is 0 Å². The van der Waals surface area contributed by atoms with Gasteiger partial charge in [0.15, 0.2) is 0 Å². The third-order valence-electron chi connectivity index (χ3n) is 6.36. The van der Waals surface area contributed by atoms with Crippen molar-refractivity contribution >= 4 is 17.3 Å². The molecule has 1 fully saturated rings. The maximum atomic E-state index is 13.6. The first-order chi connectivity index (χ1) is 16.1. The van der Waals surface area contributed by atoms with Gasteiger partial charge in [0.25, 0.3) is 5.91 Å². The van der Waals surface area contributed by atoms with Crippen molar-refractivity contribution in [2.75, 3.05) is 43.6 Å². The van der Waals surface area contributed by atoms with Gasteiger partial charge in [-0.1, -0.05) is 35.9 Å². The van der Waals surface area contributed by atoms with E-state index in [9.17, 15) is 4.79 Å². The summed E-state index contributed by atoms with van der Waals surface area (Å²) in [5.41, 5.74) is 5.67. The number of aryl methyl sites for hydroxylation is 1. The van der Waals surface area contributed by atoms with Crippen molar-refractivity contribution in [3.8, 4) is 5.75 Å². The Morgan fingerprint density at radius 1 is 1.03 bits per heavy atom. The molecule has 6 heteroatoms. The highest BCUT2D eigenvalue weighted by Gasteiger charge is 2.34. The molecule has 3 aromatic carbocycles. The van der Waals surface area contributed by atoms with Crippen molar-refractivity contribution < 1.29 is 14.3 Å². The van der Waals surface area contributed by atoms with Crippen LogP contribution in [-0.4, -0.2) is 44.2 Å². The van der Waals surface area contributed by atoms with Crippen molar-refractivity contribution in [3.05, 3.63) is 89.0 Å². The minimum atomic E-state index is -0.329. The Balaban J connectivity index is 1.55. The number of carbonyl (C=O) groups excluding carboxylic acids is 1. The Hall–Kier alpha value is -3.35. The Labute approximate surface area is 194 Å². The zero-order chi connectivity index (χ0) is 22.8. The Morgan fingerprint density at radius 3 is 2.55 bits per heavy atom. The first-order valence-electron chi connectivity index (χ1n) is 11.4. The first-order valence-corrected chi connectivity index (χ1v) is 11.4. The molecular weight excluding hydrogens is 414 g/mol.